The van der Waals surface area contributed by atoms with Crippen molar-refractivity contribution in [2.24, 2.45) is 0 Å². The highest BCUT2D eigenvalue weighted by atomic mass is 16.5. The molecular weight excluding hydrogens is 390 g/mol. The Bertz CT molecular complexity index is 1040. The van der Waals surface area contributed by atoms with Gasteiger partial charge in [0.2, 0.25) is 0 Å². The van der Waals surface area contributed by atoms with Crippen LogP contribution in [0.1, 0.15) is 45.4 Å². The maximum Gasteiger partial charge on any atom is 0.342 e. The Hall–Kier alpha value is -3.41. The Morgan fingerprint density at radius 1 is 0.968 bits per heavy atom. The van der Waals surface area contributed by atoms with Gasteiger partial charge in [0.25, 0.3) is 5.91 Å². The van der Waals surface area contributed by atoms with Gasteiger partial charge < -0.3 is 9.64 Å². The minimum atomic E-state index is -0.519. The van der Waals surface area contributed by atoms with E-state index in [1.165, 1.54) is 5.56 Å². The predicted molar refractivity (Wildman–Crippen MR) is 120 cm³/mol. The second kappa shape index (κ2) is 10.1. The number of hydrogen-bond acceptors (Lipinski definition) is 4. The molecule has 1 heterocycles. The monoisotopic (exact) mass is 419 g/mol. The summed E-state index contributed by atoms with van der Waals surface area (Å²) in [7, 11) is 0. The fraction of sp³-hybridized carbons (Fsp3) is 0.320. The molecular formula is C25H29N3O3. The largest absolute Gasteiger partial charge is 0.452 e. The van der Waals surface area contributed by atoms with E-state index in [1.54, 1.807) is 16.5 Å². The molecule has 0 saturated heterocycles. The number of benzene rings is 2. The van der Waals surface area contributed by atoms with Crippen LogP contribution < -0.4 is 0 Å². The van der Waals surface area contributed by atoms with E-state index in [1.807, 2.05) is 51.1 Å². The molecule has 0 saturated carbocycles. The van der Waals surface area contributed by atoms with Gasteiger partial charge in [-0.3, -0.25) is 9.48 Å². The highest BCUT2D eigenvalue weighted by Gasteiger charge is 2.22. The SMILES string of the molecule is CCN(Cc1ccccc1)C(=O)COC(=O)c1c(C)nn(Cc2ccc(C)cc2)c1C. The van der Waals surface area contributed by atoms with Crippen LogP contribution in [0.2, 0.25) is 0 Å². The Kier molecular flexibility index (Phi) is 7.23. The normalized spacial score (nSPS) is 10.7. The molecule has 1 amide bonds. The highest BCUT2D eigenvalue weighted by molar-refractivity contribution is 5.93. The van der Waals surface area contributed by atoms with Crippen molar-refractivity contribution in [3.8, 4) is 0 Å². The Balaban J connectivity index is 1.64. The zero-order valence-corrected chi connectivity index (χ0v) is 18.6. The summed E-state index contributed by atoms with van der Waals surface area (Å²) in [6.45, 7) is 8.89. The fourth-order valence-electron chi connectivity index (χ4n) is 3.48. The van der Waals surface area contributed by atoms with Gasteiger partial charge in [-0.2, -0.15) is 5.10 Å². The van der Waals surface area contributed by atoms with Crippen molar-refractivity contribution in [2.45, 2.75) is 40.8 Å². The van der Waals surface area contributed by atoms with Crippen LogP contribution in [0.25, 0.3) is 0 Å². The fourth-order valence-corrected chi connectivity index (χ4v) is 3.48. The number of nitrogens with zero attached hydrogens (tertiary/aromatic N) is 3. The second-order valence-electron chi connectivity index (χ2n) is 7.66. The van der Waals surface area contributed by atoms with E-state index in [0.717, 1.165) is 16.8 Å². The van der Waals surface area contributed by atoms with Crippen LogP contribution in [-0.4, -0.2) is 39.7 Å². The highest BCUT2D eigenvalue weighted by Crippen LogP contribution is 2.17. The summed E-state index contributed by atoms with van der Waals surface area (Å²) in [5.41, 5.74) is 5.08. The van der Waals surface area contributed by atoms with Crippen LogP contribution in [0.15, 0.2) is 54.6 Å². The summed E-state index contributed by atoms with van der Waals surface area (Å²) in [4.78, 5) is 27.0. The Morgan fingerprint density at radius 2 is 1.65 bits per heavy atom. The third-order valence-corrected chi connectivity index (χ3v) is 5.32. The van der Waals surface area contributed by atoms with Crippen molar-refractivity contribution >= 4 is 11.9 Å². The summed E-state index contributed by atoms with van der Waals surface area (Å²) in [6.07, 6.45) is 0. The lowest BCUT2D eigenvalue weighted by Crippen LogP contribution is -2.34. The first-order valence-corrected chi connectivity index (χ1v) is 10.5. The van der Waals surface area contributed by atoms with Gasteiger partial charge in [0.15, 0.2) is 6.61 Å². The number of esters is 1. The average molecular weight is 420 g/mol. The first-order valence-electron chi connectivity index (χ1n) is 10.5. The van der Waals surface area contributed by atoms with Gasteiger partial charge in [0.05, 0.1) is 17.9 Å². The first kappa shape index (κ1) is 22.3. The molecule has 0 N–H and O–H groups in total. The lowest BCUT2D eigenvalue weighted by atomic mass is 10.1. The van der Waals surface area contributed by atoms with Crippen molar-refractivity contribution in [2.75, 3.05) is 13.2 Å². The Morgan fingerprint density at radius 3 is 2.29 bits per heavy atom. The molecule has 3 aromatic rings. The van der Waals surface area contributed by atoms with Crippen LogP contribution in [0.5, 0.6) is 0 Å². The maximum atomic E-state index is 12.7. The van der Waals surface area contributed by atoms with E-state index in [2.05, 4.69) is 29.4 Å². The van der Waals surface area contributed by atoms with Gasteiger partial charge >= 0.3 is 5.97 Å². The van der Waals surface area contributed by atoms with Gasteiger partial charge in [-0.25, -0.2) is 4.79 Å². The van der Waals surface area contributed by atoms with Gasteiger partial charge in [0.1, 0.15) is 5.56 Å². The molecule has 3 rings (SSSR count). The van der Waals surface area contributed by atoms with Crippen molar-refractivity contribution in [3.05, 3.63) is 88.2 Å². The first-order chi connectivity index (χ1) is 14.9. The summed E-state index contributed by atoms with van der Waals surface area (Å²) in [5, 5.41) is 4.50. The molecule has 0 aliphatic carbocycles. The van der Waals surface area contributed by atoms with E-state index < -0.39 is 5.97 Å². The van der Waals surface area contributed by atoms with Crippen LogP contribution in [0.4, 0.5) is 0 Å². The van der Waals surface area contributed by atoms with Crippen LogP contribution in [-0.2, 0) is 22.6 Å². The zero-order chi connectivity index (χ0) is 22.4. The molecule has 6 heteroatoms. The number of likely N-dealkylation sites (N-methyl/N-ethyl adjacent to an activating group) is 1. The van der Waals surface area contributed by atoms with Gasteiger partial charge in [0, 0.05) is 13.1 Å². The molecule has 0 spiro atoms. The predicted octanol–water partition coefficient (Wildman–Crippen LogP) is 4.06. The minimum absolute atomic E-state index is 0.220. The van der Waals surface area contributed by atoms with E-state index >= 15 is 0 Å². The molecule has 162 valence electrons. The third-order valence-electron chi connectivity index (χ3n) is 5.32. The summed E-state index contributed by atoms with van der Waals surface area (Å²) in [6, 6.07) is 18.0. The topological polar surface area (TPSA) is 64.4 Å². The zero-order valence-electron chi connectivity index (χ0n) is 18.6. The number of hydrogen-bond donors (Lipinski definition) is 0. The quantitative estimate of drug-likeness (QED) is 0.517. The van der Waals surface area contributed by atoms with Gasteiger partial charge in [-0.15, -0.1) is 0 Å². The summed E-state index contributed by atoms with van der Waals surface area (Å²) < 4.78 is 7.17. The molecule has 1 aromatic heterocycles. The number of carbonyl (C=O) groups is 2. The van der Waals surface area contributed by atoms with Gasteiger partial charge in [-0.05, 0) is 38.8 Å². The van der Waals surface area contributed by atoms with Crippen molar-refractivity contribution in [1.29, 1.82) is 0 Å². The van der Waals surface area contributed by atoms with Crippen LogP contribution in [0.3, 0.4) is 0 Å². The number of rotatable bonds is 8. The van der Waals surface area contributed by atoms with E-state index in [0.29, 0.717) is 30.9 Å². The molecule has 31 heavy (non-hydrogen) atoms. The molecule has 0 aliphatic rings. The molecule has 6 nitrogen and oxygen atoms in total. The number of ether oxygens (including phenoxy) is 1. The van der Waals surface area contributed by atoms with Crippen molar-refractivity contribution in [3.63, 3.8) is 0 Å². The number of aryl methyl sites for hydroxylation is 2. The van der Waals surface area contributed by atoms with E-state index in [-0.39, 0.29) is 12.5 Å². The van der Waals surface area contributed by atoms with Crippen LogP contribution in [0, 0.1) is 20.8 Å². The summed E-state index contributed by atoms with van der Waals surface area (Å²) in [5.74, 6) is -0.740. The molecule has 0 fully saturated rings. The standard InChI is InChI=1S/C25H29N3O3/c1-5-27(15-21-9-7-6-8-10-21)23(29)17-31-25(30)24-19(3)26-28(20(24)4)16-22-13-11-18(2)12-14-22/h6-14H,5,15-17H2,1-4H3. The Labute approximate surface area is 183 Å². The molecule has 0 aliphatic heterocycles. The molecule has 0 radical (unpaired) electrons. The maximum absolute atomic E-state index is 12.7. The molecule has 2 aromatic carbocycles. The van der Waals surface area contributed by atoms with E-state index in [4.69, 9.17) is 4.74 Å². The average Bonchev–Trinajstić information content (AvgIpc) is 3.05. The van der Waals surface area contributed by atoms with Crippen molar-refractivity contribution < 1.29 is 14.3 Å². The minimum Gasteiger partial charge on any atom is -0.452 e. The molecule has 0 atom stereocenters. The van der Waals surface area contributed by atoms with Gasteiger partial charge in [-0.1, -0.05) is 60.2 Å². The molecule has 0 bridgehead atoms. The number of amides is 1. The third kappa shape index (κ3) is 5.60. The number of aromatic nitrogens is 2. The number of carbonyl (C=O) groups excluding carboxylic acids is 2. The van der Waals surface area contributed by atoms with Crippen LogP contribution >= 0.6 is 0 Å². The van der Waals surface area contributed by atoms with Crippen molar-refractivity contribution in [1.82, 2.24) is 14.7 Å². The lowest BCUT2D eigenvalue weighted by Gasteiger charge is -2.20. The second-order valence-corrected chi connectivity index (χ2v) is 7.66. The summed E-state index contributed by atoms with van der Waals surface area (Å²) >= 11 is 0. The smallest absolute Gasteiger partial charge is 0.342 e. The van der Waals surface area contributed by atoms with E-state index in [9.17, 15) is 9.59 Å². The lowest BCUT2D eigenvalue weighted by molar-refractivity contribution is -0.134. The molecule has 0 unspecified atom stereocenters.